The molecule has 1 aliphatic rings. The quantitative estimate of drug-likeness (QED) is 0.686. The predicted octanol–water partition coefficient (Wildman–Crippen LogP) is 3.78. The molecule has 1 N–H and O–H groups in total. The molecule has 0 radical (unpaired) electrons. The highest BCUT2D eigenvalue weighted by molar-refractivity contribution is 5.66. The van der Waals surface area contributed by atoms with Gasteiger partial charge in [0, 0.05) is 24.6 Å². The molecule has 2 atom stereocenters. The third-order valence-corrected chi connectivity index (χ3v) is 4.93. The van der Waals surface area contributed by atoms with E-state index in [2.05, 4.69) is 30.9 Å². The number of nitro benzene ring substituents is 1. The van der Waals surface area contributed by atoms with Crippen molar-refractivity contribution in [3.8, 4) is 0 Å². The van der Waals surface area contributed by atoms with Crippen LogP contribution < -0.4 is 4.90 Å². The van der Waals surface area contributed by atoms with Gasteiger partial charge in [0.15, 0.2) is 0 Å². The highest BCUT2D eigenvalue weighted by atomic mass is 16.6. The predicted molar refractivity (Wildman–Crippen MR) is 94.4 cm³/mol. The van der Waals surface area contributed by atoms with Crippen molar-refractivity contribution >= 4 is 11.4 Å². The molecule has 1 fully saturated rings. The van der Waals surface area contributed by atoms with Gasteiger partial charge in [-0.2, -0.15) is 0 Å². The molecule has 24 heavy (non-hydrogen) atoms. The summed E-state index contributed by atoms with van der Waals surface area (Å²) in [7, 11) is 0. The van der Waals surface area contributed by atoms with Gasteiger partial charge in [0.2, 0.25) is 0 Å². The second kappa shape index (κ2) is 6.61. The van der Waals surface area contributed by atoms with Gasteiger partial charge in [-0.3, -0.25) is 10.1 Å². The number of rotatable bonds is 4. The fourth-order valence-corrected chi connectivity index (χ4v) is 3.69. The van der Waals surface area contributed by atoms with Crippen LogP contribution >= 0.6 is 0 Å². The van der Waals surface area contributed by atoms with Gasteiger partial charge in [-0.15, -0.1) is 0 Å². The molecule has 0 amide bonds. The molecule has 0 aliphatic carbocycles. The Hall–Kier alpha value is -2.40. The van der Waals surface area contributed by atoms with Crippen LogP contribution in [0.2, 0.25) is 0 Å². The summed E-state index contributed by atoms with van der Waals surface area (Å²) in [5.41, 5.74) is 3.98. The van der Waals surface area contributed by atoms with Gasteiger partial charge < -0.3 is 10.0 Å². The zero-order chi connectivity index (χ0) is 17.3. The Labute approximate surface area is 141 Å². The molecule has 3 rings (SSSR count). The number of hydrogen-bond donors (Lipinski definition) is 1. The number of aryl methyl sites for hydroxylation is 1. The van der Waals surface area contributed by atoms with Crippen molar-refractivity contribution in [1.82, 2.24) is 0 Å². The fraction of sp³-hybridized carbons (Fsp3) is 0.368. The third kappa shape index (κ3) is 2.99. The van der Waals surface area contributed by atoms with Gasteiger partial charge >= 0.3 is 0 Å². The first kappa shape index (κ1) is 16.5. The summed E-state index contributed by atoms with van der Waals surface area (Å²) in [6, 6.07) is 13.4. The number of nitrogens with zero attached hydrogens (tertiary/aromatic N) is 2. The first-order valence-electron chi connectivity index (χ1n) is 8.21. The molecule has 0 aromatic heterocycles. The molecule has 1 aliphatic heterocycles. The van der Waals surface area contributed by atoms with Crippen molar-refractivity contribution < 1.29 is 10.0 Å². The fourth-order valence-electron chi connectivity index (χ4n) is 3.69. The highest BCUT2D eigenvalue weighted by Gasteiger charge is 2.34. The molecule has 0 bridgehead atoms. The standard InChI is InChI=1S/C19H22N2O3/c1-13-5-3-4-6-17(13)16-9-14(2)20(11-16)19-10-15(12-22)7-8-18(19)21(23)24/h3-8,10,14,16,22H,9,11-12H2,1-2H3. The Kier molecular flexibility index (Phi) is 4.53. The van der Waals surface area contributed by atoms with E-state index < -0.39 is 0 Å². The van der Waals surface area contributed by atoms with Gasteiger partial charge in [0.25, 0.3) is 5.69 Å². The van der Waals surface area contributed by atoms with E-state index in [1.165, 1.54) is 17.2 Å². The zero-order valence-corrected chi connectivity index (χ0v) is 14.0. The second-order valence-electron chi connectivity index (χ2n) is 6.53. The van der Waals surface area contributed by atoms with E-state index in [-0.39, 0.29) is 23.3 Å². The lowest BCUT2D eigenvalue weighted by Crippen LogP contribution is -2.27. The summed E-state index contributed by atoms with van der Waals surface area (Å²) in [5, 5.41) is 20.8. The summed E-state index contributed by atoms with van der Waals surface area (Å²) in [5.74, 6) is 0.360. The summed E-state index contributed by atoms with van der Waals surface area (Å²) in [6.07, 6.45) is 0.964. The van der Waals surface area contributed by atoms with Gasteiger partial charge in [0.05, 0.1) is 11.5 Å². The second-order valence-corrected chi connectivity index (χ2v) is 6.53. The lowest BCUT2D eigenvalue weighted by atomic mass is 9.93. The van der Waals surface area contributed by atoms with Crippen LogP contribution in [0.4, 0.5) is 11.4 Å². The number of aliphatic hydroxyl groups excluding tert-OH is 1. The molecule has 2 aromatic carbocycles. The van der Waals surface area contributed by atoms with E-state index in [0.717, 1.165) is 13.0 Å². The number of benzene rings is 2. The Balaban J connectivity index is 1.96. The van der Waals surface area contributed by atoms with E-state index >= 15 is 0 Å². The van der Waals surface area contributed by atoms with Gasteiger partial charge in [0.1, 0.15) is 5.69 Å². The van der Waals surface area contributed by atoms with Crippen LogP contribution in [-0.4, -0.2) is 22.6 Å². The SMILES string of the molecule is Cc1ccccc1C1CC(C)N(c2cc(CO)ccc2[N+](=O)[O-])C1. The number of nitro groups is 1. The Bertz CT molecular complexity index is 760. The van der Waals surface area contributed by atoms with Crippen LogP contribution in [0, 0.1) is 17.0 Å². The highest BCUT2D eigenvalue weighted by Crippen LogP contribution is 2.40. The average Bonchev–Trinajstić information content (AvgIpc) is 2.96. The molecule has 0 saturated carbocycles. The lowest BCUT2D eigenvalue weighted by Gasteiger charge is -2.24. The van der Waals surface area contributed by atoms with Crippen LogP contribution in [0.15, 0.2) is 42.5 Å². The maximum absolute atomic E-state index is 11.4. The van der Waals surface area contributed by atoms with E-state index in [4.69, 9.17) is 0 Å². The molecular formula is C19H22N2O3. The van der Waals surface area contributed by atoms with Crippen LogP contribution in [0.3, 0.4) is 0 Å². The maximum Gasteiger partial charge on any atom is 0.292 e. The van der Waals surface area contributed by atoms with Crippen molar-refractivity contribution in [3.05, 3.63) is 69.3 Å². The van der Waals surface area contributed by atoms with E-state index in [1.54, 1.807) is 12.1 Å². The Morgan fingerprint density at radius 2 is 2.04 bits per heavy atom. The molecule has 126 valence electrons. The summed E-state index contributed by atoms with van der Waals surface area (Å²) in [4.78, 5) is 13.2. The molecule has 2 aromatic rings. The van der Waals surface area contributed by atoms with Crippen molar-refractivity contribution in [3.63, 3.8) is 0 Å². The minimum absolute atomic E-state index is 0.101. The Morgan fingerprint density at radius 3 is 2.71 bits per heavy atom. The number of anilines is 1. The van der Waals surface area contributed by atoms with Crippen LogP contribution in [0.1, 0.15) is 36.0 Å². The molecule has 1 heterocycles. The topological polar surface area (TPSA) is 66.6 Å². The van der Waals surface area contributed by atoms with Crippen LogP contribution in [0.5, 0.6) is 0 Å². The number of aliphatic hydroxyl groups is 1. The third-order valence-electron chi connectivity index (χ3n) is 4.93. The van der Waals surface area contributed by atoms with Gasteiger partial charge in [-0.1, -0.05) is 24.3 Å². The molecule has 2 unspecified atom stereocenters. The van der Waals surface area contributed by atoms with Crippen molar-refractivity contribution in [2.24, 2.45) is 0 Å². The number of hydrogen-bond acceptors (Lipinski definition) is 4. The van der Waals surface area contributed by atoms with Crippen LogP contribution in [-0.2, 0) is 6.61 Å². The van der Waals surface area contributed by atoms with Gasteiger partial charge in [-0.25, -0.2) is 0 Å². The Morgan fingerprint density at radius 1 is 1.29 bits per heavy atom. The summed E-state index contributed by atoms with van der Waals surface area (Å²) in [6.45, 7) is 4.85. The molecular weight excluding hydrogens is 304 g/mol. The minimum Gasteiger partial charge on any atom is -0.392 e. The van der Waals surface area contributed by atoms with Crippen LogP contribution in [0.25, 0.3) is 0 Å². The van der Waals surface area contributed by atoms with E-state index in [0.29, 0.717) is 17.2 Å². The van der Waals surface area contributed by atoms with Crippen molar-refractivity contribution in [1.29, 1.82) is 0 Å². The lowest BCUT2D eigenvalue weighted by molar-refractivity contribution is -0.384. The van der Waals surface area contributed by atoms with Crippen molar-refractivity contribution in [2.75, 3.05) is 11.4 Å². The molecule has 0 spiro atoms. The summed E-state index contributed by atoms with van der Waals surface area (Å²) < 4.78 is 0. The van der Waals surface area contributed by atoms with Crippen molar-refractivity contribution in [2.45, 2.75) is 38.8 Å². The summed E-state index contributed by atoms with van der Waals surface area (Å²) >= 11 is 0. The molecule has 1 saturated heterocycles. The maximum atomic E-state index is 11.4. The normalized spacial score (nSPS) is 20.4. The monoisotopic (exact) mass is 326 g/mol. The van der Waals surface area contributed by atoms with E-state index in [9.17, 15) is 15.2 Å². The first-order valence-corrected chi connectivity index (χ1v) is 8.21. The zero-order valence-electron chi connectivity index (χ0n) is 14.0. The van der Waals surface area contributed by atoms with E-state index in [1.807, 2.05) is 12.1 Å². The van der Waals surface area contributed by atoms with Gasteiger partial charge in [-0.05, 0) is 49.1 Å². The molecule has 5 heteroatoms. The average molecular weight is 326 g/mol. The largest absolute Gasteiger partial charge is 0.392 e. The minimum atomic E-state index is -0.343. The first-order chi connectivity index (χ1) is 11.5. The molecule has 5 nitrogen and oxygen atoms in total. The smallest absolute Gasteiger partial charge is 0.292 e.